The predicted octanol–water partition coefficient (Wildman–Crippen LogP) is 2.02. The summed E-state index contributed by atoms with van der Waals surface area (Å²) in [4.78, 5) is 25.4. The van der Waals surface area contributed by atoms with Crippen LogP contribution in [0.4, 0.5) is 8.78 Å². The smallest absolute Gasteiger partial charge is 0.271 e. The number of nitrogens with zero attached hydrogens (tertiary/aromatic N) is 3. The van der Waals surface area contributed by atoms with Crippen LogP contribution in [-0.2, 0) is 22.6 Å². The molecule has 2 amide bonds. The van der Waals surface area contributed by atoms with Gasteiger partial charge in [-0.25, -0.2) is 8.78 Å². The first-order valence-corrected chi connectivity index (χ1v) is 9.53. The lowest BCUT2D eigenvalue weighted by molar-refractivity contribution is -0.142. The van der Waals surface area contributed by atoms with Crippen LogP contribution in [-0.4, -0.2) is 58.7 Å². The molecule has 30 heavy (non-hydrogen) atoms. The van der Waals surface area contributed by atoms with E-state index in [1.807, 2.05) is 24.3 Å². The number of piperidine rings is 1. The molecule has 1 aromatic heterocycles. The number of hydrogen-bond donors (Lipinski definition) is 1. The van der Waals surface area contributed by atoms with Crippen molar-refractivity contribution < 1.29 is 23.1 Å². The number of amides is 2. The number of nitrogens with one attached hydrogen (secondary N) is 1. The van der Waals surface area contributed by atoms with Crippen molar-refractivity contribution in [1.29, 1.82) is 0 Å². The Labute approximate surface area is 173 Å². The summed E-state index contributed by atoms with van der Waals surface area (Å²) in [5, 5.41) is 6.49. The van der Waals surface area contributed by atoms with Crippen LogP contribution in [0.3, 0.4) is 0 Å². The maximum atomic E-state index is 14.1. The molecule has 0 saturated carbocycles. The fourth-order valence-electron chi connectivity index (χ4n) is 3.30. The first-order chi connectivity index (χ1) is 14.3. The van der Waals surface area contributed by atoms with Crippen molar-refractivity contribution in [2.75, 3.05) is 20.2 Å². The summed E-state index contributed by atoms with van der Waals surface area (Å²) in [6.45, 7) is 3.50. The average Bonchev–Trinajstić information content (AvgIpc) is 3.16. The molecule has 7 nitrogen and oxygen atoms in total. The lowest BCUT2D eigenvalue weighted by atomic mass is 10.00. The van der Waals surface area contributed by atoms with E-state index in [9.17, 15) is 18.4 Å². The van der Waals surface area contributed by atoms with Gasteiger partial charge in [-0.1, -0.05) is 18.7 Å². The van der Waals surface area contributed by atoms with Gasteiger partial charge in [0.05, 0.1) is 26.3 Å². The molecule has 2 aromatic rings. The number of carbonyl (C=O) groups is 2. The molecule has 1 aliphatic rings. The van der Waals surface area contributed by atoms with Gasteiger partial charge in [0.25, 0.3) is 5.92 Å². The average molecular weight is 418 g/mol. The monoisotopic (exact) mass is 418 g/mol. The van der Waals surface area contributed by atoms with E-state index in [2.05, 4.69) is 17.0 Å². The highest BCUT2D eigenvalue weighted by atomic mass is 19.3. The fraction of sp³-hybridized carbons (Fsp3) is 0.381. The molecule has 1 aliphatic heterocycles. The summed E-state index contributed by atoms with van der Waals surface area (Å²) < 4.78 is 35.0. The van der Waals surface area contributed by atoms with E-state index in [1.165, 1.54) is 4.90 Å². The number of alkyl halides is 2. The van der Waals surface area contributed by atoms with Crippen LogP contribution in [0.2, 0.25) is 0 Å². The number of methoxy groups -OCH3 is 1. The van der Waals surface area contributed by atoms with E-state index in [0.717, 1.165) is 17.4 Å². The van der Waals surface area contributed by atoms with Crippen LogP contribution in [0, 0.1) is 0 Å². The number of benzene rings is 1. The molecule has 160 valence electrons. The van der Waals surface area contributed by atoms with Crippen molar-refractivity contribution in [3.05, 3.63) is 60.4 Å². The molecule has 9 heteroatoms. The number of halogens is 2. The highest BCUT2D eigenvalue weighted by molar-refractivity contribution is 5.87. The highest BCUT2D eigenvalue weighted by Gasteiger charge is 2.45. The van der Waals surface area contributed by atoms with Gasteiger partial charge in [0.15, 0.2) is 0 Å². The molecule has 0 spiro atoms. The minimum atomic E-state index is -3.07. The third-order valence-corrected chi connectivity index (χ3v) is 5.03. The second kappa shape index (κ2) is 9.06. The normalized spacial score (nSPS) is 18.0. The third kappa shape index (κ3) is 5.22. The summed E-state index contributed by atoms with van der Waals surface area (Å²) in [5.41, 5.74) is 1.72. The highest BCUT2D eigenvalue weighted by Crippen LogP contribution is 2.28. The Kier molecular flexibility index (Phi) is 6.49. The van der Waals surface area contributed by atoms with Crippen LogP contribution in [0.5, 0.6) is 5.75 Å². The molecule has 1 N–H and O–H groups in total. The standard InChI is InChI=1S/C21H24F2N4O3/c1-3-19(28)25-18-14-26(9-8-21(18,22)23)20(29)10-16-11-24-27(13-16)12-15-4-6-17(30-2)7-5-15/h3-7,11,13,18H,1,8-10,12,14H2,2H3,(H,25,28). The maximum Gasteiger partial charge on any atom is 0.271 e. The minimum absolute atomic E-state index is 0.0519. The zero-order chi connectivity index (χ0) is 21.7. The van der Waals surface area contributed by atoms with E-state index in [4.69, 9.17) is 4.74 Å². The summed E-state index contributed by atoms with van der Waals surface area (Å²) >= 11 is 0. The van der Waals surface area contributed by atoms with Crippen molar-refractivity contribution in [2.45, 2.75) is 31.4 Å². The Morgan fingerprint density at radius 3 is 2.73 bits per heavy atom. The topological polar surface area (TPSA) is 76.5 Å². The summed E-state index contributed by atoms with van der Waals surface area (Å²) in [6, 6.07) is 6.14. The zero-order valence-electron chi connectivity index (χ0n) is 16.7. The Balaban J connectivity index is 1.59. The van der Waals surface area contributed by atoms with Crippen LogP contribution in [0.1, 0.15) is 17.5 Å². The van der Waals surface area contributed by atoms with Gasteiger partial charge in [0, 0.05) is 25.7 Å². The quantitative estimate of drug-likeness (QED) is 0.698. The lowest BCUT2D eigenvalue weighted by Gasteiger charge is -2.38. The molecule has 1 atom stereocenters. The summed E-state index contributed by atoms with van der Waals surface area (Å²) in [5.74, 6) is -3.28. The molecule has 0 aliphatic carbocycles. The number of ether oxygens (including phenoxy) is 1. The Bertz CT molecular complexity index is 911. The SMILES string of the molecule is C=CC(=O)NC1CN(C(=O)Cc2cnn(Cc3ccc(OC)cc3)c2)CCC1(F)F. The van der Waals surface area contributed by atoms with Crippen molar-refractivity contribution in [3.8, 4) is 5.75 Å². The van der Waals surface area contributed by atoms with E-state index in [-0.39, 0.29) is 25.4 Å². The van der Waals surface area contributed by atoms with Gasteiger partial charge in [-0.3, -0.25) is 14.3 Å². The number of aromatic nitrogens is 2. The van der Waals surface area contributed by atoms with Gasteiger partial charge in [-0.15, -0.1) is 0 Å². The van der Waals surface area contributed by atoms with Crippen LogP contribution in [0.25, 0.3) is 0 Å². The Morgan fingerprint density at radius 2 is 2.07 bits per heavy atom. The summed E-state index contributed by atoms with van der Waals surface area (Å²) in [7, 11) is 1.60. The number of carbonyl (C=O) groups excluding carboxylic acids is 2. The largest absolute Gasteiger partial charge is 0.497 e. The molecule has 1 saturated heterocycles. The molecule has 3 rings (SSSR count). The Morgan fingerprint density at radius 1 is 1.33 bits per heavy atom. The minimum Gasteiger partial charge on any atom is -0.497 e. The van der Waals surface area contributed by atoms with Gasteiger partial charge in [-0.05, 0) is 29.3 Å². The molecule has 0 radical (unpaired) electrons. The third-order valence-electron chi connectivity index (χ3n) is 5.03. The second-order valence-corrected chi connectivity index (χ2v) is 7.19. The van der Waals surface area contributed by atoms with E-state index >= 15 is 0 Å². The van der Waals surface area contributed by atoms with Crippen molar-refractivity contribution >= 4 is 11.8 Å². The molecule has 1 aromatic carbocycles. The molecule has 1 unspecified atom stereocenters. The Hall–Kier alpha value is -3.23. The molecular weight excluding hydrogens is 394 g/mol. The van der Waals surface area contributed by atoms with Crippen molar-refractivity contribution in [1.82, 2.24) is 20.0 Å². The summed E-state index contributed by atoms with van der Waals surface area (Å²) in [6.07, 6.45) is 3.84. The number of likely N-dealkylation sites (tertiary alicyclic amines) is 1. The zero-order valence-corrected chi connectivity index (χ0v) is 16.7. The molecular formula is C21H24F2N4O3. The van der Waals surface area contributed by atoms with Gasteiger partial charge < -0.3 is 15.0 Å². The van der Waals surface area contributed by atoms with Gasteiger partial charge in [0.2, 0.25) is 11.8 Å². The van der Waals surface area contributed by atoms with Crippen LogP contribution < -0.4 is 10.1 Å². The van der Waals surface area contributed by atoms with Crippen molar-refractivity contribution in [2.24, 2.45) is 0 Å². The molecule has 0 bridgehead atoms. The van der Waals surface area contributed by atoms with Gasteiger partial charge in [-0.2, -0.15) is 5.10 Å². The predicted molar refractivity (Wildman–Crippen MR) is 106 cm³/mol. The van der Waals surface area contributed by atoms with E-state index < -0.39 is 24.3 Å². The maximum absolute atomic E-state index is 14.1. The van der Waals surface area contributed by atoms with Crippen LogP contribution in [0.15, 0.2) is 49.3 Å². The number of hydrogen-bond acceptors (Lipinski definition) is 4. The van der Waals surface area contributed by atoms with E-state index in [1.54, 1.807) is 24.2 Å². The second-order valence-electron chi connectivity index (χ2n) is 7.19. The first kappa shape index (κ1) is 21.5. The molecule has 2 heterocycles. The van der Waals surface area contributed by atoms with E-state index in [0.29, 0.717) is 12.1 Å². The van der Waals surface area contributed by atoms with Gasteiger partial charge in [0.1, 0.15) is 11.8 Å². The van der Waals surface area contributed by atoms with Gasteiger partial charge >= 0.3 is 0 Å². The fourth-order valence-corrected chi connectivity index (χ4v) is 3.30. The first-order valence-electron chi connectivity index (χ1n) is 9.53. The van der Waals surface area contributed by atoms with Crippen molar-refractivity contribution in [3.63, 3.8) is 0 Å². The molecule has 1 fully saturated rings. The lowest BCUT2D eigenvalue weighted by Crippen LogP contribution is -2.59. The van der Waals surface area contributed by atoms with Crippen LogP contribution >= 0.6 is 0 Å². The number of rotatable bonds is 7.